The number of amides is 1. The first-order valence-corrected chi connectivity index (χ1v) is 8.05. The topological polar surface area (TPSA) is 79.6 Å². The second kappa shape index (κ2) is 5.94. The van der Waals surface area contributed by atoms with E-state index in [4.69, 9.17) is 4.42 Å². The number of hydrogen-bond donors (Lipinski definition) is 1. The number of rotatable bonds is 4. The molecule has 1 N–H and O–H groups in total. The van der Waals surface area contributed by atoms with Crippen molar-refractivity contribution in [1.29, 1.82) is 0 Å². The maximum Gasteiger partial charge on any atom is 0.258 e. The molecular weight excluding hydrogens is 304 g/mol. The lowest BCUT2D eigenvalue weighted by molar-refractivity contribution is 0.102. The first-order chi connectivity index (χ1) is 10.2. The second-order valence-electron chi connectivity index (χ2n) is 5.17. The zero-order valence-corrected chi connectivity index (χ0v) is 13.7. The molecule has 0 unspecified atom stereocenters. The van der Waals surface area contributed by atoms with Crippen LogP contribution in [0.3, 0.4) is 0 Å². The fourth-order valence-electron chi connectivity index (χ4n) is 1.90. The van der Waals surface area contributed by atoms with Crippen LogP contribution in [0.2, 0.25) is 0 Å². The quantitative estimate of drug-likeness (QED) is 0.937. The normalized spacial score (nSPS) is 11.7. The Hall–Kier alpha value is -2.12. The number of aryl methyl sites for hydroxylation is 1. The van der Waals surface area contributed by atoms with Crippen molar-refractivity contribution in [3.05, 3.63) is 47.4 Å². The molecule has 2 rings (SSSR count). The highest BCUT2D eigenvalue weighted by molar-refractivity contribution is 7.89. The molecule has 0 saturated heterocycles. The van der Waals surface area contributed by atoms with Gasteiger partial charge in [-0.15, -0.1) is 0 Å². The van der Waals surface area contributed by atoms with Crippen molar-refractivity contribution < 1.29 is 17.6 Å². The van der Waals surface area contributed by atoms with Gasteiger partial charge in [0, 0.05) is 19.8 Å². The van der Waals surface area contributed by atoms with E-state index in [-0.39, 0.29) is 10.8 Å². The van der Waals surface area contributed by atoms with Gasteiger partial charge in [-0.3, -0.25) is 4.79 Å². The lowest BCUT2D eigenvalue weighted by Gasteiger charge is -2.16. The Morgan fingerprint density at radius 3 is 2.45 bits per heavy atom. The van der Waals surface area contributed by atoms with Gasteiger partial charge in [0.1, 0.15) is 6.26 Å². The maximum absolute atomic E-state index is 12.3. The van der Waals surface area contributed by atoms with E-state index in [9.17, 15) is 13.2 Å². The Morgan fingerprint density at radius 1 is 1.23 bits per heavy atom. The van der Waals surface area contributed by atoms with Gasteiger partial charge >= 0.3 is 0 Å². The zero-order chi connectivity index (χ0) is 16.5. The Balaban J connectivity index is 2.44. The highest BCUT2D eigenvalue weighted by atomic mass is 32.2. The van der Waals surface area contributed by atoms with Crippen molar-refractivity contribution in [2.75, 3.05) is 19.4 Å². The summed E-state index contributed by atoms with van der Waals surface area (Å²) in [7, 11) is -0.632. The van der Waals surface area contributed by atoms with Crippen molar-refractivity contribution in [3.8, 4) is 0 Å². The molecule has 0 fully saturated rings. The average Bonchev–Trinajstić information content (AvgIpc) is 2.97. The van der Waals surface area contributed by atoms with E-state index < -0.39 is 10.0 Å². The maximum atomic E-state index is 12.3. The molecule has 0 saturated carbocycles. The Bertz CT molecular complexity index is 793. The van der Waals surface area contributed by atoms with E-state index >= 15 is 0 Å². The summed E-state index contributed by atoms with van der Waals surface area (Å²) in [5, 5.41) is 2.72. The van der Waals surface area contributed by atoms with Crippen LogP contribution in [-0.2, 0) is 10.0 Å². The number of nitrogens with one attached hydrogen (secondary N) is 1. The largest absolute Gasteiger partial charge is 0.472 e. The number of benzene rings is 1. The average molecular weight is 322 g/mol. The third kappa shape index (κ3) is 3.05. The van der Waals surface area contributed by atoms with Crippen LogP contribution in [0.15, 0.2) is 40.0 Å². The monoisotopic (exact) mass is 322 g/mol. The molecule has 1 amide bonds. The molecule has 118 valence electrons. The SMILES string of the molecule is Cc1cc(S(=O)(=O)N(C)C)cc(NC(=O)c2ccoc2)c1C. The molecule has 0 aliphatic heterocycles. The highest BCUT2D eigenvalue weighted by Crippen LogP contribution is 2.26. The van der Waals surface area contributed by atoms with E-state index in [1.807, 2.05) is 6.92 Å². The van der Waals surface area contributed by atoms with Crippen molar-refractivity contribution in [1.82, 2.24) is 4.31 Å². The van der Waals surface area contributed by atoms with Gasteiger partial charge < -0.3 is 9.73 Å². The van der Waals surface area contributed by atoms with Crippen LogP contribution in [-0.4, -0.2) is 32.7 Å². The fraction of sp³-hybridized carbons (Fsp3) is 0.267. The van der Waals surface area contributed by atoms with E-state index in [1.54, 1.807) is 13.0 Å². The minimum atomic E-state index is -3.56. The number of nitrogens with zero attached hydrogens (tertiary/aromatic N) is 1. The van der Waals surface area contributed by atoms with E-state index in [1.165, 1.54) is 38.8 Å². The third-order valence-electron chi connectivity index (χ3n) is 3.45. The van der Waals surface area contributed by atoms with Gasteiger partial charge in [-0.2, -0.15) is 0 Å². The van der Waals surface area contributed by atoms with E-state index in [0.29, 0.717) is 11.3 Å². The molecular formula is C15H18N2O4S. The summed E-state index contributed by atoms with van der Waals surface area (Å²) in [6.07, 6.45) is 2.73. The van der Waals surface area contributed by atoms with Crippen LogP contribution >= 0.6 is 0 Å². The minimum Gasteiger partial charge on any atom is -0.472 e. The molecule has 0 bridgehead atoms. The van der Waals surface area contributed by atoms with Crippen molar-refractivity contribution in [2.24, 2.45) is 0 Å². The molecule has 1 aromatic carbocycles. The standard InChI is InChI=1S/C15H18N2O4S/c1-10-7-13(22(19,20)17(3)4)8-14(11(10)2)16-15(18)12-5-6-21-9-12/h5-9H,1-4H3,(H,16,18). The number of furan rings is 1. The van der Waals surface area contributed by atoms with Gasteiger partial charge in [0.15, 0.2) is 0 Å². The summed E-state index contributed by atoms with van der Waals surface area (Å²) in [6.45, 7) is 3.63. The lowest BCUT2D eigenvalue weighted by Crippen LogP contribution is -2.23. The van der Waals surface area contributed by atoms with Gasteiger partial charge in [-0.25, -0.2) is 12.7 Å². The summed E-state index contributed by atoms with van der Waals surface area (Å²) < 4.78 is 30.5. The van der Waals surface area contributed by atoms with Crippen LogP contribution in [0.5, 0.6) is 0 Å². The van der Waals surface area contributed by atoms with Gasteiger partial charge in [0.2, 0.25) is 10.0 Å². The number of carbonyl (C=O) groups excluding carboxylic acids is 1. The number of sulfonamides is 1. The molecule has 2 aromatic rings. The Kier molecular flexibility index (Phi) is 4.39. The molecule has 6 nitrogen and oxygen atoms in total. The molecule has 22 heavy (non-hydrogen) atoms. The summed E-state index contributed by atoms with van der Waals surface area (Å²) in [5.41, 5.74) is 2.43. The molecule has 0 radical (unpaired) electrons. The van der Waals surface area contributed by atoms with Gasteiger partial charge in [-0.1, -0.05) is 0 Å². The van der Waals surface area contributed by atoms with E-state index in [2.05, 4.69) is 5.32 Å². The first kappa shape index (κ1) is 16.3. The lowest BCUT2D eigenvalue weighted by atomic mass is 10.1. The zero-order valence-electron chi connectivity index (χ0n) is 12.9. The second-order valence-corrected chi connectivity index (χ2v) is 7.32. The van der Waals surface area contributed by atoms with Crippen molar-refractivity contribution >= 4 is 21.6 Å². The van der Waals surface area contributed by atoms with Gasteiger partial charge in [0.25, 0.3) is 5.91 Å². The van der Waals surface area contributed by atoms with Gasteiger partial charge in [-0.05, 0) is 43.2 Å². The fourth-order valence-corrected chi connectivity index (χ4v) is 2.92. The Labute approximate surface area is 129 Å². The smallest absolute Gasteiger partial charge is 0.258 e. The molecule has 0 atom stereocenters. The minimum absolute atomic E-state index is 0.142. The third-order valence-corrected chi connectivity index (χ3v) is 5.24. The summed E-state index contributed by atoms with van der Waals surface area (Å²) >= 11 is 0. The van der Waals surface area contributed by atoms with Gasteiger partial charge in [0.05, 0.1) is 16.7 Å². The van der Waals surface area contributed by atoms with Crippen molar-refractivity contribution in [2.45, 2.75) is 18.7 Å². The van der Waals surface area contributed by atoms with Crippen LogP contribution < -0.4 is 5.32 Å². The van der Waals surface area contributed by atoms with Crippen molar-refractivity contribution in [3.63, 3.8) is 0 Å². The molecule has 1 aromatic heterocycles. The summed E-state index contributed by atoms with van der Waals surface area (Å²) in [5.74, 6) is -0.351. The predicted octanol–water partition coefficient (Wildman–Crippen LogP) is 2.40. The van der Waals surface area contributed by atoms with Crippen LogP contribution in [0.4, 0.5) is 5.69 Å². The number of anilines is 1. The molecule has 7 heteroatoms. The summed E-state index contributed by atoms with van der Waals surface area (Å²) in [4.78, 5) is 12.2. The molecule has 0 spiro atoms. The van der Waals surface area contributed by atoms with Crippen LogP contribution in [0.25, 0.3) is 0 Å². The number of carbonyl (C=O) groups is 1. The molecule has 0 aliphatic carbocycles. The van der Waals surface area contributed by atoms with Crippen LogP contribution in [0, 0.1) is 13.8 Å². The first-order valence-electron chi connectivity index (χ1n) is 6.61. The highest BCUT2D eigenvalue weighted by Gasteiger charge is 2.20. The van der Waals surface area contributed by atoms with Crippen LogP contribution in [0.1, 0.15) is 21.5 Å². The number of hydrogen-bond acceptors (Lipinski definition) is 4. The molecule has 0 aliphatic rings. The molecule has 1 heterocycles. The van der Waals surface area contributed by atoms with E-state index in [0.717, 1.165) is 15.4 Å². The Morgan fingerprint density at radius 2 is 1.91 bits per heavy atom. The predicted molar refractivity (Wildman–Crippen MR) is 83.5 cm³/mol. The summed E-state index contributed by atoms with van der Waals surface area (Å²) in [6, 6.07) is 4.60.